The lowest BCUT2D eigenvalue weighted by Gasteiger charge is -2.06. The molecule has 0 atom stereocenters. The molecule has 24 heavy (non-hydrogen) atoms. The Labute approximate surface area is 139 Å². The second kappa shape index (κ2) is 7.21. The van der Waals surface area contributed by atoms with Gasteiger partial charge in [-0.25, -0.2) is 13.9 Å². The van der Waals surface area contributed by atoms with Gasteiger partial charge in [0, 0.05) is 18.3 Å². The number of unbranched alkanes of at least 4 members (excludes halogenated alkanes) is 2. The average Bonchev–Trinajstić information content (AvgIpc) is 3.03. The van der Waals surface area contributed by atoms with Crippen LogP contribution < -0.4 is 5.32 Å². The molecular formula is C18H19FN4O. The number of amides is 1. The zero-order valence-electron chi connectivity index (χ0n) is 13.5. The number of carbonyl (C=O) groups excluding carboxylic acids is 1. The molecule has 0 aliphatic rings. The summed E-state index contributed by atoms with van der Waals surface area (Å²) >= 11 is 0. The summed E-state index contributed by atoms with van der Waals surface area (Å²) in [6.45, 7) is 2.73. The average molecular weight is 326 g/mol. The quantitative estimate of drug-likeness (QED) is 0.706. The molecule has 1 aromatic carbocycles. The molecule has 124 valence electrons. The fourth-order valence-corrected chi connectivity index (χ4v) is 2.60. The molecule has 0 unspecified atom stereocenters. The van der Waals surface area contributed by atoms with Gasteiger partial charge in [0.25, 0.3) is 5.91 Å². The minimum absolute atomic E-state index is 0.209. The molecule has 0 spiro atoms. The summed E-state index contributed by atoms with van der Waals surface area (Å²) in [7, 11) is 0. The van der Waals surface area contributed by atoms with Gasteiger partial charge in [0.15, 0.2) is 5.65 Å². The molecule has 1 amide bonds. The van der Waals surface area contributed by atoms with Gasteiger partial charge in [-0.15, -0.1) is 0 Å². The number of aromatic nitrogens is 3. The van der Waals surface area contributed by atoms with Crippen LogP contribution in [0.2, 0.25) is 0 Å². The molecule has 0 saturated heterocycles. The topological polar surface area (TPSA) is 59.3 Å². The van der Waals surface area contributed by atoms with E-state index in [0.29, 0.717) is 29.0 Å². The molecule has 0 aliphatic heterocycles. The highest BCUT2D eigenvalue weighted by molar-refractivity contribution is 5.99. The van der Waals surface area contributed by atoms with Gasteiger partial charge in [0.2, 0.25) is 0 Å². The maximum atomic E-state index is 14.1. The highest BCUT2D eigenvalue weighted by Crippen LogP contribution is 2.23. The van der Waals surface area contributed by atoms with Crippen molar-refractivity contribution in [1.29, 1.82) is 0 Å². The second-order valence-corrected chi connectivity index (χ2v) is 5.57. The lowest BCUT2D eigenvalue weighted by molar-refractivity contribution is 0.0954. The Morgan fingerprint density at radius 1 is 1.25 bits per heavy atom. The standard InChI is InChI=1S/C18H19FN4O/c1-2-3-6-10-21-18(24)14-12-22-23-16(9-11-20-17(14)23)13-7-4-5-8-15(13)19/h4-5,7-9,11-12H,2-3,6,10H2,1H3,(H,21,24). The van der Waals surface area contributed by atoms with Crippen LogP contribution in [-0.2, 0) is 0 Å². The molecule has 0 bridgehead atoms. The summed E-state index contributed by atoms with van der Waals surface area (Å²) in [5.74, 6) is -0.551. The highest BCUT2D eigenvalue weighted by Gasteiger charge is 2.16. The molecule has 0 radical (unpaired) electrons. The van der Waals surface area contributed by atoms with Crippen molar-refractivity contribution < 1.29 is 9.18 Å². The summed E-state index contributed by atoms with van der Waals surface area (Å²) < 4.78 is 15.6. The normalized spacial score (nSPS) is 10.9. The molecule has 0 saturated carbocycles. The lowest BCUT2D eigenvalue weighted by atomic mass is 10.1. The van der Waals surface area contributed by atoms with Crippen LogP contribution >= 0.6 is 0 Å². The molecule has 6 heteroatoms. The summed E-state index contributed by atoms with van der Waals surface area (Å²) in [5.41, 5.74) is 1.79. The first-order chi connectivity index (χ1) is 11.7. The molecule has 3 aromatic rings. The molecule has 3 rings (SSSR count). The molecule has 0 fully saturated rings. The summed E-state index contributed by atoms with van der Waals surface area (Å²) in [6.07, 6.45) is 6.15. The third-order valence-electron chi connectivity index (χ3n) is 3.86. The van der Waals surface area contributed by atoms with Gasteiger partial charge in [0.05, 0.1) is 11.9 Å². The number of rotatable bonds is 6. The first-order valence-corrected chi connectivity index (χ1v) is 8.08. The van der Waals surface area contributed by atoms with Crippen molar-refractivity contribution in [3.05, 3.63) is 54.1 Å². The predicted molar refractivity (Wildman–Crippen MR) is 90.2 cm³/mol. The van der Waals surface area contributed by atoms with Crippen molar-refractivity contribution in [3.8, 4) is 11.3 Å². The van der Waals surface area contributed by atoms with Gasteiger partial charge in [-0.3, -0.25) is 4.79 Å². The van der Waals surface area contributed by atoms with E-state index in [-0.39, 0.29) is 11.7 Å². The number of carbonyl (C=O) groups is 1. The summed E-state index contributed by atoms with van der Waals surface area (Å²) in [6, 6.07) is 8.15. The van der Waals surface area contributed by atoms with Crippen LogP contribution in [0.15, 0.2) is 42.7 Å². The van der Waals surface area contributed by atoms with Crippen LogP contribution in [0.1, 0.15) is 36.5 Å². The SMILES string of the molecule is CCCCCNC(=O)c1cnn2c(-c3ccccc3F)ccnc12. The summed E-state index contributed by atoms with van der Waals surface area (Å²) in [5, 5.41) is 7.10. The van der Waals surface area contributed by atoms with Crippen LogP contribution in [0.4, 0.5) is 4.39 Å². The number of benzene rings is 1. The number of nitrogens with zero attached hydrogens (tertiary/aromatic N) is 3. The largest absolute Gasteiger partial charge is 0.352 e. The van der Waals surface area contributed by atoms with E-state index in [1.165, 1.54) is 16.8 Å². The predicted octanol–water partition coefficient (Wildman–Crippen LogP) is 3.46. The van der Waals surface area contributed by atoms with Gasteiger partial charge in [-0.05, 0) is 24.6 Å². The van der Waals surface area contributed by atoms with Crippen LogP contribution in [0, 0.1) is 5.82 Å². The minimum Gasteiger partial charge on any atom is -0.352 e. The zero-order chi connectivity index (χ0) is 16.9. The fraction of sp³-hybridized carbons (Fsp3) is 0.278. The molecule has 2 heterocycles. The number of halogens is 1. The maximum Gasteiger partial charge on any atom is 0.256 e. The maximum absolute atomic E-state index is 14.1. The van der Waals surface area contributed by atoms with Crippen molar-refractivity contribution in [2.24, 2.45) is 0 Å². The van der Waals surface area contributed by atoms with E-state index in [1.807, 2.05) is 0 Å². The number of hydrogen-bond acceptors (Lipinski definition) is 3. The molecule has 5 nitrogen and oxygen atoms in total. The van der Waals surface area contributed by atoms with E-state index >= 15 is 0 Å². The van der Waals surface area contributed by atoms with E-state index in [2.05, 4.69) is 22.3 Å². The van der Waals surface area contributed by atoms with Crippen molar-refractivity contribution in [3.63, 3.8) is 0 Å². The Kier molecular flexibility index (Phi) is 4.84. The van der Waals surface area contributed by atoms with Crippen molar-refractivity contribution in [2.75, 3.05) is 6.54 Å². The monoisotopic (exact) mass is 326 g/mol. The first kappa shape index (κ1) is 16.1. The highest BCUT2D eigenvalue weighted by atomic mass is 19.1. The molecule has 2 aromatic heterocycles. The van der Waals surface area contributed by atoms with E-state index < -0.39 is 0 Å². The van der Waals surface area contributed by atoms with Gasteiger partial charge in [-0.1, -0.05) is 31.9 Å². The van der Waals surface area contributed by atoms with Crippen LogP contribution in [0.25, 0.3) is 16.9 Å². The van der Waals surface area contributed by atoms with Crippen LogP contribution in [-0.4, -0.2) is 27.0 Å². The Balaban J connectivity index is 1.92. The zero-order valence-corrected chi connectivity index (χ0v) is 13.5. The Hall–Kier alpha value is -2.76. The Morgan fingerprint density at radius 2 is 2.08 bits per heavy atom. The molecule has 1 N–H and O–H groups in total. The van der Waals surface area contributed by atoms with Gasteiger partial charge >= 0.3 is 0 Å². The summed E-state index contributed by atoms with van der Waals surface area (Å²) in [4.78, 5) is 16.6. The van der Waals surface area contributed by atoms with E-state index in [4.69, 9.17) is 0 Å². The van der Waals surface area contributed by atoms with Crippen LogP contribution in [0.5, 0.6) is 0 Å². The Bertz CT molecular complexity index is 859. The van der Waals surface area contributed by atoms with Gasteiger partial charge in [-0.2, -0.15) is 5.10 Å². The number of hydrogen-bond donors (Lipinski definition) is 1. The molecular weight excluding hydrogens is 307 g/mol. The minimum atomic E-state index is -0.342. The van der Waals surface area contributed by atoms with E-state index in [0.717, 1.165) is 19.3 Å². The van der Waals surface area contributed by atoms with Crippen molar-refractivity contribution in [2.45, 2.75) is 26.2 Å². The second-order valence-electron chi connectivity index (χ2n) is 5.57. The van der Waals surface area contributed by atoms with E-state index in [1.54, 1.807) is 30.5 Å². The third kappa shape index (κ3) is 3.13. The van der Waals surface area contributed by atoms with Crippen molar-refractivity contribution >= 4 is 11.6 Å². The Morgan fingerprint density at radius 3 is 2.88 bits per heavy atom. The fourth-order valence-electron chi connectivity index (χ4n) is 2.60. The van der Waals surface area contributed by atoms with Gasteiger partial charge < -0.3 is 5.32 Å². The van der Waals surface area contributed by atoms with Gasteiger partial charge in [0.1, 0.15) is 11.4 Å². The number of nitrogens with one attached hydrogen (secondary N) is 1. The first-order valence-electron chi connectivity index (χ1n) is 8.08. The van der Waals surface area contributed by atoms with E-state index in [9.17, 15) is 9.18 Å². The smallest absolute Gasteiger partial charge is 0.256 e. The lowest BCUT2D eigenvalue weighted by Crippen LogP contribution is -2.24. The number of fused-ring (bicyclic) bond motifs is 1. The van der Waals surface area contributed by atoms with Crippen molar-refractivity contribution in [1.82, 2.24) is 19.9 Å². The van der Waals surface area contributed by atoms with Crippen LogP contribution in [0.3, 0.4) is 0 Å². The molecule has 0 aliphatic carbocycles. The third-order valence-corrected chi connectivity index (χ3v) is 3.86.